The van der Waals surface area contributed by atoms with Gasteiger partial charge in [-0.3, -0.25) is 14.7 Å². The van der Waals surface area contributed by atoms with E-state index in [1.54, 1.807) is 31.5 Å². The van der Waals surface area contributed by atoms with Gasteiger partial charge >= 0.3 is 0 Å². The molecule has 6 nitrogen and oxygen atoms in total. The number of anilines is 1. The van der Waals surface area contributed by atoms with Crippen molar-refractivity contribution in [1.82, 2.24) is 14.9 Å². The number of hydrogen-bond donors (Lipinski definition) is 2. The standard InChI is InChI=1S/C16H19ClN4O2/c1-12(16(23)20-15-5-4-14(17)10-19-15)21(7-8-22)11-13-3-2-6-18-9-13/h2-6,9-10,12,22H,7-8,11H2,1H3,(H,19,20,23). The topological polar surface area (TPSA) is 78.4 Å². The van der Waals surface area contributed by atoms with Crippen molar-refractivity contribution < 1.29 is 9.90 Å². The van der Waals surface area contributed by atoms with Gasteiger partial charge in [-0.2, -0.15) is 0 Å². The van der Waals surface area contributed by atoms with Gasteiger partial charge in [0.05, 0.1) is 17.7 Å². The summed E-state index contributed by atoms with van der Waals surface area (Å²) in [5, 5.41) is 12.5. The molecule has 2 aromatic heterocycles. The molecule has 2 heterocycles. The number of pyridine rings is 2. The molecule has 0 aliphatic carbocycles. The normalized spacial score (nSPS) is 12.2. The summed E-state index contributed by atoms with van der Waals surface area (Å²) < 4.78 is 0. The molecular weight excluding hydrogens is 316 g/mol. The summed E-state index contributed by atoms with van der Waals surface area (Å²) >= 11 is 5.78. The molecule has 23 heavy (non-hydrogen) atoms. The Labute approximate surface area is 140 Å². The Hall–Kier alpha value is -2.02. The van der Waals surface area contributed by atoms with E-state index in [1.807, 2.05) is 17.0 Å². The van der Waals surface area contributed by atoms with Crippen molar-refractivity contribution in [3.8, 4) is 0 Å². The zero-order chi connectivity index (χ0) is 16.7. The molecule has 0 bridgehead atoms. The lowest BCUT2D eigenvalue weighted by Gasteiger charge is -2.27. The van der Waals surface area contributed by atoms with Crippen LogP contribution in [0.3, 0.4) is 0 Å². The van der Waals surface area contributed by atoms with Gasteiger partial charge in [-0.25, -0.2) is 4.98 Å². The zero-order valence-electron chi connectivity index (χ0n) is 12.8. The van der Waals surface area contributed by atoms with Crippen LogP contribution in [0.5, 0.6) is 0 Å². The number of amides is 1. The smallest absolute Gasteiger partial charge is 0.242 e. The lowest BCUT2D eigenvalue weighted by Crippen LogP contribution is -2.43. The van der Waals surface area contributed by atoms with Crippen molar-refractivity contribution >= 4 is 23.3 Å². The summed E-state index contributed by atoms with van der Waals surface area (Å²) in [5.41, 5.74) is 0.977. The van der Waals surface area contributed by atoms with Crippen molar-refractivity contribution in [1.29, 1.82) is 0 Å². The summed E-state index contributed by atoms with van der Waals surface area (Å²) in [6.07, 6.45) is 4.92. The third-order valence-electron chi connectivity index (χ3n) is 3.40. The molecule has 1 unspecified atom stereocenters. The van der Waals surface area contributed by atoms with Gasteiger partial charge in [0, 0.05) is 31.7 Å². The summed E-state index contributed by atoms with van der Waals surface area (Å²) in [6, 6.07) is 6.65. The van der Waals surface area contributed by atoms with Crippen LogP contribution in [0.4, 0.5) is 5.82 Å². The SMILES string of the molecule is CC(C(=O)Nc1ccc(Cl)cn1)N(CCO)Cc1cccnc1. The fourth-order valence-electron chi connectivity index (χ4n) is 2.11. The van der Waals surface area contributed by atoms with Crippen LogP contribution in [-0.2, 0) is 11.3 Å². The third kappa shape index (κ3) is 5.28. The van der Waals surface area contributed by atoms with Crippen LogP contribution in [0.2, 0.25) is 5.02 Å². The molecule has 0 aromatic carbocycles. The van der Waals surface area contributed by atoms with E-state index in [2.05, 4.69) is 15.3 Å². The molecule has 2 rings (SSSR count). The second-order valence-corrected chi connectivity index (χ2v) is 5.52. The molecule has 0 spiro atoms. The minimum absolute atomic E-state index is 0.0307. The van der Waals surface area contributed by atoms with Gasteiger partial charge in [-0.05, 0) is 30.7 Å². The number of halogens is 1. The Morgan fingerprint density at radius 2 is 2.22 bits per heavy atom. The van der Waals surface area contributed by atoms with Crippen molar-refractivity contribution in [2.75, 3.05) is 18.5 Å². The minimum Gasteiger partial charge on any atom is -0.395 e. The molecule has 7 heteroatoms. The highest BCUT2D eigenvalue weighted by molar-refractivity contribution is 6.30. The predicted molar refractivity (Wildman–Crippen MR) is 89.1 cm³/mol. The van der Waals surface area contributed by atoms with Crippen LogP contribution in [-0.4, -0.2) is 45.1 Å². The van der Waals surface area contributed by atoms with Crippen LogP contribution in [0.1, 0.15) is 12.5 Å². The summed E-state index contributed by atoms with van der Waals surface area (Å²) in [6.45, 7) is 2.67. The highest BCUT2D eigenvalue weighted by Crippen LogP contribution is 2.12. The first-order valence-electron chi connectivity index (χ1n) is 7.26. The Kier molecular flexibility index (Phi) is 6.46. The van der Waals surface area contributed by atoms with Crippen LogP contribution >= 0.6 is 11.6 Å². The fraction of sp³-hybridized carbons (Fsp3) is 0.312. The molecule has 0 radical (unpaired) electrons. The van der Waals surface area contributed by atoms with Crippen LogP contribution in [0, 0.1) is 0 Å². The second kappa shape index (κ2) is 8.57. The molecule has 0 aliphatic rings. The van der Waals surface area contributed by atoms with E-state index in [0.29, 0.717) is 23.9 Å². The first-order chi connectivity index (χ1) is 11.1. The van der Waals surface area contributed by atoms with E-state index in [0.717, 1.165) is 5.56 Å². The monoisotopic (exact) mass is 334 g/mol. The number of hydrogen-bond acceptors (Lipinski definition) is 5. The van der Waals surface area contributed by atoms with Gasteiger partial charge in [0.25, 0.3) is 0 Å². The average molecular weight is 335 g/mol. The molecule has 122 valence electrons. The first-order valence-corrected chi connectivity index (χ1v) is 7.64. The molecular formula is C16H19ClN4O2. The van der Waals surface area contributed by atoms with E-state index < -0.39 is 6.04 Å². The average Bonchev–Trinajstić information content (AvgIpc) is 2.57. The number of aromatic nitrogens is 2. The first kappa shape index (κ1) is 17.3. The van der Waals surface area contributed by atoms with Gasteiger partial charge < -0.3 is 10.4 Å². The van der Waals surface area contributed by atoms with Crippen molar-refractivity contribution in [2.45, 2.75) is 19.5 Å². The molecule has 2 aromatic rings. The summed E-state index contributed by atoms with van der Waals surface area (Å²) in [7, 11) is 0. The van der Waals surface area contributed by atoms with Crippen molar-refractivity contribution in [3.05, 3.63) is 53.4 Å². The number of aliphatic hydroxyl groups is 1. The van der Waals surface area contributed by atoms with Gasteiger partial charge in [0.15, 0.2) is 0 Å². The highest BCUT2D eigenvalue weighted by atomic mass is 35.5. The molecule has 0 saturated carbocycles. The Morgan fingerprint density at radius 1 is 1.39 bits per heavy atom. The van der Waals surface area contributed by atoms with E-state index >= 15 is 0 Å². The largest absolute Gasteiger partial charge is 0.395 e. The summed E-state index contributed by atoms with van der Waals surface area (Å²) in [5.74, 6) is 0.244. The zero-order valence-corrected chi connectivity index (χ0v) is 13.6. The minimum atomic E-state index is -0.431. The van der Waals surface area contributed by atoms with E-state index in [-0.39, 0.29) is 12.5 Å². The van der Waals surface area contributed by atoms with Gasteiger partial charge in [-0.1, -0.05) is 17.7 Å². The number of nitrogens with zero attached hydrogens (tertiary/aromatic N) is 3. The van der Waals surface area contributed by atoms with E-state index in [1.165, 1.54) is 6.20 Å². The molecule has 1 atom stereocenters. The van der Waals surface area contributed by atoms with Crippen LogP contribution < -0.4 is 5.32 Å². The number of carbonyl (C=O) groups is 1. The van der Waals surface area contributed by atoms with Gasteiger partial charge in [0.2, 0.25) is 5.91 Å². The Bertz CT molecular complexity index is 622. The molecule has 0 saturated heterocycles. The Balaban J connectivity index is 2.02. The lowest BCUT2D eigenvalue weighted by molar-refractivity contribution is -0.121. The van der Waals surface area contributed by atoms with E-state index in [4.69, 9.17) is 11.6 Å². The maximum absolute atomic E-state index is 12.4. The van der Waals surface area contributed by atoms with Crippen molar-refractivity contribution in [2.24, 2.45) is 0 Å². The van der Waals surface area contributed by atoms with E-state index in [9.17, 15) is 9.90 Å². The number of rotatable bonds is 7. The van der Waals surface area contributed by atoms with Crippen LogP contribution in [0.15, 0.2) is 42.9 Å². The number of nitrogens with one attached hydrogen (secondary N) is 1. The lowest BCUT2D eigenvalue weighted by atomic mass is 10.2. The fourth-order valence-corrected chi connectivity index (χ4v) is 2.22. The Morgan fingerprint density at radius 3 is 2.83 bits per heavy atom. The molecule has 0 fully saturated rings. The summed E-state index contributed by atoms with van der Waals surface area (Å²) in [4.78, 5) is 22.4. The number of carbonyl (C=O) groups excluding carboxylic acids is 1. The quantitative estimate of drug-likeness (QED) is 0.809. The third-order valence-corrected chi connectivity index (χ3v) is 3.63. The van der Waals surface area contributed by atoms with Crippen LogP contribution in [0.25, 0.3) is 0 Å². The number of aliphatic hydroxyl groups excluding tert-OH is 1. The van der Waals surface area contributed by atoms with Gasteiger partial charge in [0.1, 0.15) is 5.82 Å². The predicted octanol–water partition coefficient (Wildman–Crippen LogP) is 1.95. The van der Waals surface area contributed by atoms with Gasteiger partial charge in [-0.15, -0.1) is 0 Å². The molecule has 1 amide bonds. The van der Waals surface area contributed by atoms with Crippen molar-refractivity contribution in [3.63, 3.8) is 0 Å². The maximum Gasteiger partial charge on any atom is 0.242 e. The second-order valence-electron chi connectivity index (χ2n) is 5.08. The molecule has 0 aliphatic heterocycles. The maximum atomic E-state index is 12.4. The highest BCUT2D eigenvalue weighted by Gasteiger charge is 2.21. The molecule has 2 N–H and O–H groups in total.